The van der Waals surface area contributed by atoms with Crippen LogP contribution < -0.4 is 14.8 Å². The molecular weight excluding hydrogens is 619 g/mol. The largest absolute Gasteiger partial charge is 0.493 e. The maximum atomic E-state index is 13.6. The molecule has 1 aliphatic heterocycles. The number of halogens is 1. The first kappa shape index (κ1) is 31.6. The van der Waals surface area contributed by atoms with Crippen LogP contribution in [0, 0.1) is 3.57 Å². The standard InChI is InChI=1S/C28H41IN2O8/c1-3-4-5-6-10-31(28(36)22-8-7-12-38-22)21-15-19(27(35)30-9-11-32)16-23(25(21)34)39-26-20(29)13-18(17-33)14-24(26)37-2/h13-14,16,21-23,25,32-34H,3-12,15,17H2,1-2H3,(H,30,35). The average molecular weight is 661 g/mol. The van der Waals surface area contributed by atoms with E-state index in [0.717, 1.165) is 32.1 Å². The normalized spacial score (nSPS) is 22.8. The molecule has 218 valence electrons. The lowest BCUT2D eigenvalue weighted by Gasteiger charge is -2.41. The summed E-state index contributed by atoms with van der Waals surface area (Å²) in [5.41, 5.74) is 1.01. The smallest absolute Gasteiger partial charge is 0.252 e. The van der Waals surface area contributed by atoms with Crippen molar-refractivity contribution in [1.82, 2.24) is 10.2 Å². The summed E-state index contributed by atoms with van der Waals surface area (Å²) < 4.78 is 18.2. The lowest BCUT2D eigenvalue weighted by atomic mass is 9.87. The molecule has 3 rings (SSSR count). The Morgan fingerprint density at radius 3 is 2.67 bits per heavy atom. The molecule has 4 atom stereocenters. The van der Waals surface area contributed by atoms with E-state index < -0.39 is 24.4 Å². The third kappa shape index (κ3) is 8.29. The number of nitrogens with one attached hydrogen (secondary N) is 1. The van der Waals surface area contributed by atoms with Crippen LogP contribution in [-0.2, 0) is 20.9 Å². The van der Waals surface area contributed by atoms with Gasteiger partial charge in [0.25, 0.3) is 5.91 Å². The number of ether oxygens (including phenoxy) is 3. The minimum absolute atomic E-state index is 0.0822. The van der Waals surface area contributed by atoms with E-state index in [2.05, 4.69) is 34.8 Å². The lowest BCUT2D eigenvalue weighted by molar-refractivity contribution is -0.148. The summed E-state index contributed by atoms with van der Waals surface area (Å²) >= 11 is 2.07. The number of amides is 2. The lowest BCUT2D eigenvalue weighted by Crippen LogP contribution is -2.57. The number of unbranched alkanes of at least 4 members (excludes halogenated alkanes) is 3. The van der Waals surface area contributed by atoms with E-state index in [-0.39, 0.29) is 38.0 Å². The Labute approximate surface area is 243 Å². The van der Waals surface area contributed by atoms with Crippen molar-refractivity contribution >= 4 is 34.4 Å². The fourth-order valence-electron chi connectivity index (χ4n) is 5.00. The Kier molecular flexibility index (Phi) is 12.8. The number of aliphatic hydroxyl groups excluding tert-OH is 3. The second kappa shape index (κ2) is 15.8. The van der Waals surface area contributed by atoms with Crippen molar-refractivity contribution in [3.05, 3.63) is 32.9 Å². The molecule has 1 saturated heterocycles. The van der Waals surface area contributed by atoms with E-state index in [4.69, 9.17) is 14.2 Å². The topological polar surface area (TPSA) is 138 Å². The van der Waals surface area contributed by atoms with Crippen LogP contribution in [-0.4, -0.2) is 89.8 Å². The molecule has 11 heteroatoms. The van der Waals surface area contributed by atoms with Gasteiger partial charge in [-0.3, -0.25) is 9.59 Å². The van der Waals surface area contributed by atoms with Crippen LogP contribution in [0.4, 0.5) is 0 Å². The second-order valence-electron chi connectivity index (χ2n) is 9.88. The molecular formula is C28H41IN2O8. The first-order valence-electron chi connectivity index (χ1n) is 13.7. The summed E-state index contributed by atoms with van der Waals surface area (Å²) in [5.74, 6) is 0.184. The van der Waals surface area contributed by atoms with Crippen molar-refractivity contribution in [2.24, 2.45) is 0 Å². The average Bonchev–Trinajstić information content (AvgIpc) is 3.48. The summed E-state index contributed by atoms with van der Waals surface area (Å²) in [7, 11) is 1.49. The van der Waals surface area contributed by atoms with Crippen LogP contribution >= 0.6 is 22.6 Å². The number of carbonyl (C=O) groups is 2. The Hall–Kier alpha value is -1.93. The molecule has 1 aromatic rings. The van der Waals surface area contributed by atoms with Gasteiger partial charge in [0.05, 0.1) is 29.9 Å². The van der Waals surface area contributed by atoms with Gasteiger partial charge in [0.2, 0.25) is 5.91 Å². The van der Waals surface area contributed by atoms with Gasteiger partial charge < -0.3 is 39.7 Å². The third-order valence-electron chi connectivity index (χ3n) is 7.08. The predicted octanol–water partition coefficient (Wildman–Crippen LogP) is 2.30. The maximum Gasteiger partial charge on any atom is 0.252 e. The highest BCUT2D eigenvalue weighted by molar-refractivity contribution is 14.1. The molecule has 1 fully saturated rings. The van der Waals surface area contributed by atoms with E-state index in [1.807, 2.05) is 0 Å². The molecule has 4 N–H and O–H groups in total. The number of aliphatic hydroxyl groups is 3. The Morgan fingerprint density at radius 1 is 1.23 bits per heavy atom. The van der Waals surface area contributed by atoms with Gasteiger partial charge in [0, 0.05) is 31.7 Å². The fraction of sp³-hybridized carbons (Fsp3) is 0.643. The molecule has 1 aliphatic carbocycles. The molecule has 0 saturated carbocycles. The van der Waals surface area contributed by atoms with Crippen molar-refractivity contribution in [1.29, 1.82) is 0 Å². The number of methoxy groups -OCH3 is 1. The number of hydrogen-bond acceptors (Lipinski definition) is 8. The highest BCUT2D eigenvalue weighted by Gasteiger charge is 2.42. The number of nitrogens with zero attached hydrogens (tertiary/aromatic N) is 1. The Morgan fingerprint density at radius 2 is 2.03 bits per heavy atom. The molecule has 2 aliphatic rings. The Bertz CT molecular complexity index is 998. The zero-order valence-electron chi connectivity index (χ0n) is 22.7. The van der Waals surface area contributed by atoms with E-state index in [1.54, 1.807) is 23.1 Å². The first-order chi connectivity index (χ1) is 18.8. The summed E-state index contributed by atoms with van der Waals surface area (Å²) in [5, 5.41) is 33.1. The minimum atomic E-state index is -1.13. The highest BCUT2D eigenvalue weighted by atomic mass is 127. The highest BCUT2D eigenvalue weighted by Crippen LogP contribution is 2.37. The van der Waals surface area contributed by atoms with Gasteiger partial charge in [0.15, 0.2) is 11.5 Å². The molecule has 10 nitrogen and oxygen atoms in total. The van der Waals surface area contributed by atoms with Gasteiger partial charge in [0.1, 0.15) is 18.3 Å². The van der Waals surface area contributed by atoms with E-state index >= 15 is 0 Å². The molecule has 1 heterocycles. The SMILES string of the molecule is CCCCCCN(C(=O)C1CCCO1)C1CC(C(=O)NCCO)=CC(Oc2c(I)cc(CO)cc2OC)C1O. The van der Waals surface area contributed by atoms with Gasteiger partial charge in [-0.1, -0.05) is 26.2 Å². The predicted molar refractivity (Wildman–Crippen MR) is 153 cm³/mol. The van der Waals surface area contributed by atoms with E-state index in [0.29, 0.717) is 45.8 Å². The first-order valence-corrected chi connectivity index (χ1v) is 14.8. The monoisotopic (exact) mass is 660 g/mol. The van der Waals surface area contributed by atoms with Crippen molar-refractivity contribution < 1.29 is 39.1 Å². The molecule has 1 aromatic carbocycles. The van der Waals surface area contributed by atoms with E-state index in [9.17, 15) is 24.9 Å². The van der Waals surface area contributed by atoms with Crippen LogP contribution in [0.1, 0.15) is 57.4 Å². The van der Waals surface area contributed by atoms with Crippen molar-refractivity contribution in [2.75, 3.05) is 33.4 Å². The van der Waals surface area contributed by atoms with Crippen molar-refractivity contribution in [3.63, 3.8) is 0 Å². The second-order valence-corrected chi connectivity index (χ2v) is 11.0. The molecule has 4 unspecified atom stereocenters. The van der Waals surface area contributed by atoms with Crippen LogP contribution in [0.5, 0.6) is 11.5 Å². The summed E-state index contributed by atoms with van der Waals surface area (Å²) in [6.45, 7) is 2.78. The van der Waals surface area contributed by atoms with Crippen LogP contribution in [0.25, 0.3) is 0 Å². The minimum Gasteiger partial charge on any atom is -0.493 e. The van der Waals surface area contributed by atoms with E-state index in [1.165, 1.54) is 7.11 Å². The van der Waals surface area contributed by atoms with Crippen molar-refractivity contribution in [3.8, 4) is 11.5 Å². The number of carbonyl (C=O) groups excluding carboxylic acids is 2. The molecule has 0 bridgehead atoms. The molecule has 0 radical (unpaired) electrons. The zero-order valence-corrected chi connectivity index (χ0v) is 24.9. The van der Waals surface area contributed by atoms with Gasteiger partial charge in [-0.2, -0.15) is 0 Å². The van der Waals surface area contributed by atoms with Gasteiger partial charge in [-0.15, -0.1) is 0 Å². The molecule has 0 spiro atoms. The van der Waals surface area contributed by atoms with Gasteiger partial charge >= 0.3 is 0 Å². The molecule has 2 amide bonds. The van der Waals surface area contributed by atoms with Crippen LogP contribution in [0.2, 0.25) is 0 Å². The number of rotatable bonds is 14. The quantitative estimate of drug-likeness (QED) is 0.176. The fourth-order valence-corrected chi connectivity index (χ4v) is 5.79. The summed E-state index contributed by atoms with van der Waals surface area (Å²) in [4.78, 5) is 28.3. The zero-order chi connectivity index (χ0) is 28.4. The molecule has 0 aromatic heterocycles. The van der Waals surface area contributed by atoms with Gasteiger partial charge in [-0.05, 0) is 65.6 Å². The number of benzene rings is 1. The number of hydrogen-bond donors (Lipinski definition) is 4. The summed E-state index contributed by atoms with van der Waals surface area (Å²) in [6.07, 6.45) is 4.29. The van der Waals surface area contributed by atoms with Crippen LogP contribution in [0.15, 0.2) is 23.8 Å². The Balaban J connectivity index is 1.96. The third-order valence-corrected chi connectivity index (χ3v) is 7.88. The van der Waals surface area contributed by atoms with Crippen LogP contribution in [0.3, 0.4) is 0 Å². The maximum absolute atomic E-state index is 13.6. The molecule has 39 heavy (non-hydrogen) atoms. The summed E-state index contributed by atoms with van der Waals surface area (Å²) in [6, 6.07) is 2.70. The van der Waals surface area contributed by atoms with Crippen molar-refractivity contribution in [2.45, 2.75) is 82.8 Å². The van der Waals surface area contributed by atoms with Gasteiger partial charge in [-0.25, -0.2) is 0 Å².